The van der Waals surface area contributed by atoms with E-state index in [4.69, 9.17) is 11.6 Å². The fraction of sp³-hybridized carbons (Fsp3) is 0.875. The third-order valence-electron chi connectivity index (χ3n) is 2.04. The molecule has 0 aliphatic heterocycles. The summed E-state index contributed by atoms with van der Waals surface area (Å²) in [4.78, 5) is 0. The first kappa shape index (κ1) is 11.2. The van der Waals surface area contributed by atoms with Gasteiger partial charge in [0.25, 0.3) is 0 Å². The Morgan fingerprint density at radius 3 is 2.93 bits per heavy atom. The second kappa shape index (κ2) is 5.80. The molecule has 1 unspecified atom stereocenters. The van der Waals surface area contributed by atoms with Crippen molar-refractivity contribution >= 4 is 17.5 Å². The highest BCUT2D eigenvalue weighted by Crippen LogP contribution is 2.07. The van der Waals surface area contributed by atoms with Crippen LogP contribution in [0.2, 0.25) is 0 Å². The molecule has 6 heteroatoms. The van der Waals surface area contributed by atoms with Crippen LogP contribution in [0, 0.1) is 5.92 Å². The number of aromatic nitrogens is 4. The molecule has 0 fully saturated rings. The van der Waals surface area contributed by atoms with Gasteiger partial charge in [0.1, 0.15) is 0 Å². The number of nitrogens with one attached hydrogen (secondary N) is 1. The van der Waals surface area contributed by atoms with Crippen LogP contribution in [0.5, 0.6) is 0 Å². The molecule has 0 spiro atoms. The maximum atomic E-state index is 5.70. The van der Waals surface area contributed by atoms with Crippen molar-refractivity contribution in [2.75, 3.05) is 17.7 Å². The number of aryl methyl sites for hydroxylation is 1. The van der Waals surface area contributed by atoms with Gasteiger partial charge in [-0.05, 0) is 29.2 Å². The molecular formula is C8H16ClN5. The Hall–Kier alpha value is -0.840. The largest absolute Gasteiger partial charge is 0.353 e. The Balaban J connectivity index is 2.13. The van der Waals surface area contributed by atoms with Crippen LogP contribution in [0.1, 0.15) is 19.8 Å². The predicted molar refractivity (Wildman–Crippen MR) is 56.4 cm³/mol. The molecule has 1 atom stereocenters. The second-order valence-corrected chi connectivity index (χ2v) is 3.76. The summed E-state index contributed by atoms with van der Waals surface area (Å²) in [6, 6.07) is 0. The van der Waals surface area contributed by atoms with Crippen molar-refractivity contribution in [3.8, 4) is 0 Å². The van der Waals surface area contributed by atoms with E-state index < -0.39 is 0 Å². The quantitative estimate of drug-likeness (QED) is 0.576. The molecule has 1 aromatic heterocycles. The first-order valence-electron chi connectivity index (χ1n) is 4.76. The molecule has 0 bridgehead atoms. The highest BCUT2D eigenvalue weighted by Gasteiger charge is 2.01. The van der Waals surface area contributed by atoms with Gasteiger partial charge in [-0.3, -0.25) is 0 Å². The Bertz CT molecular complexity index is 262. The molecule has 1 rings (SSSR count). The van der Waals surface area contributed by atoms with E-state index in [0.29, 0.717) is 11.9 Å². The Morgan fingerprint density at radius 2 is 2.36 bits per heavy atom. The lowest BCUT2D eigenvalue weighted by Crippen LogP contribution is -2.09. The molecule has 0 amide bonds. The number of nitrogens with zero attached hydrogens (tertiary/aromatic N) is 4. The van der Waals surface area contributed by atoms with Crippen molar-refractivity contribution in [1.82, 2.24) is 20.2 Å². The van der Waals surface area contributed by atoms with E-state index >= 15 is 0 Å². The van der Waals surface area contributed by atoms with Gasteiger partial charge in [-0.25, -0.2) is 4.68 Å². The van der Waals surface area contributed by atoms with Crippen LogP contribution in [0.4, 0.5) is 5.95 Å². The third-order valence-corrected chi connectivity index (χ3v) is 2.57. The van der Waals surface area contributed by atoms with E-state index in [0.717, 1.165) is 25.3 Å². The van der Waals surface area contributed by atoms with Crippen LogP contribution in [0.25, 0.3) is 0 Å². The number of halogens is 1. The van der Waals surface area contributed by atoms with E-state index in [9.17, 15) is 0 Å². The summed E-state index contributed by atoms with van der Waals surface area (Å²) in [7, 11) is 1.81. The molecule has 0 saturated carbocycles. The average molecular weight is 218 g/mol. The molecule has 0 aliphatic carbocycles. The standard InChI is InChI=1S/C8H16ClN5/c1-7(6-9)4-3-5-10-8-11-12-13-14(8)2/h7H,3-6H2,1-2H3,(H,10,11,13). The van der Waals surface area contributed by atoms with Gasteiger partial charge in [0.05, 0.1) is 0 Å². The summed E-state index contributed by atoms with van der Waals surface area (Å²) in [6.45, 7) is 3.03. The van der Waals surface area contributed by atoms with Crippen LogP contribution in [0.15, 0.2) is 0 Å². The molecule has 80 valence electrons. The van der Waals surface area contributed by atoms with Gasteiger partial charge in [0.2, 0.25) is 5.95 Å². The summed E-state index contributed by atoms with van der Waals surface area (Å²) >= 11 is 5.70. The molecule has 5 nitrogen and oxygen atoms in total. The monoisotopic (exact) mass is 217 g/mol. The summed E-state index contributed by atoms with van der Waals surface area (Å²) < 4.78 is 1.62. The molecule has 1 heterocycles. The first-order valence-corrected chi connectivity index (χ1v) is 5.29. The average Bonchev–Trinajstić information content (AvgIpc) is 2.58. The highest BCUT2D eigenvalue weighted by molar-refractivity contribution is 6.18. The van der Waals surface area contributed by atoms with Gasteiger partial charge < -0.3 is 5.32 Å². The Morgan fingerprint density at radius 1 is 1.57 bits per heavy atom. The van der Waals surface area contributed by atoms with Crippen molar-refractivity contribution in [3.05, 3.63) is 0 Å². The number of anilines is 1. The number of hydrogen-bond acceptors (Lipinski definition) is 4. The Labute approximate surface area is 88.8 Å². The van der Waals surface area contributed by atoms with E-state index in [-0.39, 0.29) is 0 Å². The zero-order valence-corrected chi connectivity index (χ0v) is 9.33. The first-order chi connectivity index (χ1) is 6.74. The molecule has 0 aliphatic rings. The molecule has 0 radical (unpaired) electrons. The van der Waals surface area contributed by atoms with Crippen molar-refractivity contribution < 1.29 is 0 Å². The van der Waals surface area contributed by atoms with Crippen molar-refractivity contribution in [3.63, 3.8) is 0 Å². The number of alkyl halides is 1. The van der Waals surface area contributed by atoms with Gasteiger partial charge >= 0.3 is 0 Å². The number of tetrazole rings is 1. The number of hydrogen-bond donors (Lipinski definition) is 1. The SMILES string of the molecule is CC(CCl)CCCNc1nnnn1C. The second-order valence-electron chi connectivity index (χ2n) is 3.45. The van der Waals surface area contributed by atoms with Gasteiger partial charge in [0, 0.05) is 19.5 Å². The molecular weight excluding hydrogens is 202 g/mol. The topological polar surface area (TPSA) is 55.6 Å². The van der Waals surface area contributed by atoms with Gasteiger partial charge in [-0.2, -0.15) is 0 Å². The predicted octanol–water partition coefficient (Wildman–Crippen LogP) is 1.28. The zero-order valence-electron chi connectivity index (χ0n) is 8.57. The minimum Gasteiger partial charge on any atom is -0.353 e. The molecule has 0 saturated heterocycles. The Kier molecular flexibility index (Phi) is 4.65. The minimum atomic E-state index is 0.580. The summed E-state index contributed by atoms with van der Waals surface area (Å²) in [6.07, 6.45) is 2.21. The smallest absolute Gasteiger partial charge is 0.242 e. The van der Waals surface area contributed by atoms with Gasteiger partial charge in [0.15, 0.2) is 0 Å². The summed E-state index contributed by atoms with van der Waals surface area (Å²) in [5.74, 6) is 2.02. The third kappa shape index (κ3) is 3.49. The maximum Gasteiger partial charge on any atom is 0.242 e. The molecule has 14 heavy (non-hydrogen) atoms. The van der Waals surface area contributed by atoms with Crippen LogP contribution >= 0.6 is 11.6 Å². The van der Waals surface area contributed by atoms with E-state index in [1.165, 1.54) is 0 Å². The van der Waals surface area contributed by atoms with Crippen molar-refractivity contribution in [2.24, 2.45) is 13.0 Å². The van der Waals surface area contributed by atoms with E-state index in [2.05, 4.69) is 27.8 Å². The fourth-order valence-corrected chi connectivity index (χ4v) is 1.26. The normalized spacial score (nSPS) is 12.8. The summed E-state index contributed by atoms with van der Waals surface area (Å²) in [5, 5.41) is 14.2. The lowest BCUT2D eigenvalue weighted by atomic mass is 10.1. The van der Waals surface area contributed by atoms with Crippen LogP contribution in [-0.2, 0) is 7.05 Å². The van der Waals surface area contributed by atoms with E-state index in [1.807, 2.05) is 7.05 Å². The highest BCUT2D eigenvalue weighted by atomic mass is 35.5. The molecule has 1 aromatic rings. The lowest BCUT2D eigenvalue weighted by Gasteiger charge is -2.07. The van der Waals surface area contributed by atoms with Crippen LogP contribution < -0.4 is 5.32 Å². The molecule has 1 N–H and O–H groups in total. The van der Waals surface area contributed by atoms with Crippen LogP contribution in [0.3, 0.4) is 0 Å². The van der Waals surface area contributed by atoms with Crippen molar-refractivity contribution in [2.45, 2.75) is 19.8 Å². The number of rotatable bonds is 6. The minimum absolute atomic E-state index is 0.580. The fourth-order valence-electron chi connectivity index (χ4n) is 1.11. The van der Waals surface area contributed by atoms with E-state index in [1.54, 1.807) is 4.68 Å². The maximum absolute atomic E-state index is 5.70. The summed E-state index contributed by atoms with van der Waals surface area (Å²) in [5.41, 5.74) is 0. The van der Waals surface area contributed by atoms with Crippen LogP contribution in [-0.4, -0.2) is 32.6 Å². The zero-order chi connectivity index (χ0) is 10.4. The van der Waals surface area contributed by atoms with Gasteiger partial charge in [-0.1, -0.05) is 12.0 Å². The molecule has 0 aromatic carbocycles. The van der Waals surface area contributed by atoms with Gasteiger partial charge in [-0.15, -0.1) is 11.6 Å². The lowest BCUT2D eigenvalue weighted by molar-refractivity contribution is 0.571. The van der Waals surface area contributed by atoms with Crippen molar-refractivity contribution in [1.29, 1.82) is 0 Å².